The minimum absolute atomic E-state index is 0.0755. The molecule has 0 bridgehead atoms. The third-order valence-corrected chi connectivity index (χ3v) is 4.36. The largest absolute Gasteiger partial charge is 0.493 e. The molecule has 9 nitrogen and oxygen atoms in total. The van der Waals surface area contributed by atoms with Gasteiger partial charge in [-0.3, -0.25) is 9.59 Å². The molecule has 0 aliphatic carbocycles. The number of esters is 1. The minimum Gasteiger partial charge on any atom is -0.493 e. The number of methoxy groups -OCH3 is 2. The van der Waals surface area contributed by atoms with Gasteiger partial charge in [-0.05, 0) is 50.1 Å². The van der Waals surface area contributed by atoms with Gasteiger partial charge in [-0.2, -0.15) is 0 Å². The van der Waals surface area contributed by atoms with Crippen molar-refractivity contribution in [1.82, 2.24) is 0 Å². The van der Waals surface area contributed by atoms with Gasteiger partial charge in [0.25, 0.3) is 11.8 Å². The number of nitrogens with two attached hydrogens (primary N) is 1. The lowest BCUT2D eigenvalue weighted by Crippen LogP contribution is -2.30. The van der Waals surface area contributed by atoms with Gasteiger partial charge in [0.1, 0.15) is 0 Å². The van der Waals surface area contributed by atoms with Crippen LogP contribution in [0.25, 0.3) is 0 Å². The van der Waals surface area contributed by atoms with E-state index in [1.807, 2.05) is 32.0 Å². The molecule has 31 heavy (non-hydrogen) atoms. The molecule has 2 rings (SSSR count). The molecule has 0 aliphatic rings. The lowest BCUT2D eigenvalue weighted by atomic mass is 10.1. The summed E-state index contributed by atoms with van der Waals surface area (Å²) in [5, 5.41) is 2.76. The molecular formula is C22H26N2O7. The number of aryl methyl sites for hydroxylation is 2. The number of benzene rings is 2. The first kappa shape index (κ1) is 23.5. The van der Waals surface area contributed by atoms with Gasteiger partial charge in [0.2, 0.25) is 5.75 Å². The Hall–Kier alpha value is -3.75. The highest BCUT2D eigenvalue weighted by Crippen LogP contribution is 2.38. The highest BCUT2D eigenvalue weighted by molar-refractivity contribution is 5.98. The van der Waals surface area contributed by atoms with E-state index in [1.165, 1.54) is 33.3 Å². The number of ether oxygens (including phenoxy) is 4. The van der Waals surface area contributed by atoms with E-state index in [-0.39, 0.29) is 22.8 Å². The summed E-state index contributed by atoms with van der Waals surface area (Å²) in [6.07, 6.45) is -1.06. The van der Waals surface area contributed by atoms with E-state index in [2.05, 4.69) is 5.32 Å². The lowest BCUT2D eigenvalue weighted by Gasteiger charge is -2.17. The van der Waals surface area contributed by atoms with Crippen molar-refractivity contribution >= 4 is 23.5 Å². The number of rotatable bonds is 9. The number of anilines is 1. The predicted molar refractivity (Wildman–Crippen MR) is 114 cm³/mol. The van der Waals surface area contributed by atoms with Gasteiger partial charge in [-0.1, -0.05) is 12.1 Å². The van der Waals surface area contributed by atoms with Crippen LogP contribution in [0.15, 0.2) is 30.3 Å². The molecule has 166 valence electrons. The van der Waals surface area contributed by atoms with E-state index in [1.54, 1.807) is 0 Å². The fraction of sp³-hybridized carbons (Fsp3) is 0.318. The zero-order chi connectivity index (χ0) is 23.1. The van der Waals surface area contributed by atoms with Crippen LogP contribution in [0.5, 0.6) is 17.2 Å². The molecular weight excluding hydrogens is 404 g/mol. The van der Waals surface area contributed by atoms with Crippen molar-refractivity contribution in [3.8, 4) is 17.2 Å². The summed E-state index contributed by atoms with van der Waals surface area (Å²) in [6.45, 7) is 4.85. The minimum atomic E-state index is -1.06. The number of amides is 2. The van der Waals surface area contributed by atoms with E-state index >= 15 is 0 Å². The second-order valence-electron chi connectivity index (χ2n) is 6.82. The third-order valence-electron chi connectivity index (χ3n) is 4.36. The van der Waals surface area contributed by atoms with Crippen LogP contribution in [0.3, 0.4) is 0 Å². The molecule has 2 amide bonds. The van der Waals surface area contributed by atoms with Gasteiger partial charge in [-0.15, -0.1) is 0 Å². The molecule has 2 aromatic carbocycles. The van der Waals surface area contributed by atoms with E-state index in [0.717, 1.165) is 11.1 Å². The van der Waals surface area contributed by atoms with Crippen LogP contribution in [0.2, 0.25) is 0 Å². The van der Waals surface area contributed by atoms with Crippen LogP contribution in [0, 0.1) is 13.8 Å². The summed E-state index contributed by atoms with van der Waals surface area (Å²) in [5.74, 6) is -1.53. The van der Waals surface area contributed by atoms with Crippen LogP contribution in [-0.2, 0) is 14.3 Å². The maximum Gasteiger partial charge on any atom is 0.339 e. The van der Waals surface area contributed by atoms with Gasteiger partial charge in [-0.25, -0.2) is 4.79 Å². The van der Waals surface area contributed by atoms with Gasteiger partial charge < -0.3 is 30.0 Å². The van der Waals surface area contributed by atoms with Crippen molar-refractivity contribution in [1.29, 1.82) is 0 Å². The zero-order valence-corrected chi connectivity index (χ0v) is 18.1. The molecule has 0 heterocycles. The average Bonchev–Trinajstić information content (AvgIpc) is 2.73. The summed E-state index contributed by atoms with van der Waals surface area (Å²) in [5.41, 5.74) is 7.70. The molecule has 9 heteroatoms. The normalized spacial score (nSPS) is 11.3. The van der Waals surface area contributed by atoms with Crippen LogP contribution in [0.1, 0.15) is 28.4 Å². The molecule has 0 spiro atoms. The summed E-state index contributed by atoms with van der Waals surface area (Å²) < 4.78 is 21.1. The number of carbonyl (C=O) groups is 3. The molecule has 0 aromatic heterocycles. The Labute approximate surface area is 180 Å². The van der Waals surface area contributed by atoms with Crippen molar-refractivity contribution in [2.75, 3.05) is 26.1 Å². The number of primary amides is 1. The second-order valence-corrected chi connectivity index (χ2v) is 6.82. The number of hydrogen-bond donors (Lipinski definition) is 2. The van der Waals surface area contributed by atoms with E-state index in [9.17, 15) is 14.4 Å². The number of nitrogens with one attached hydrogen (secondary N) is 1. The Morgan fingerprint density at radius 1 is 1.03 bits per heavy atom. The Morgan fingerprint density at radius 2 is 1.65 bits per heavy atom. The quantitative estimate of drug-likeness (QED) is 0.585. The summed E-state index contributed by atoms with van der Waals surface area (Å²) in [7, 11) is 2.72. The lowest BCUT2D eigenvalue weighted by molar-refractivity contribution is -0.123. The zero-order valence-electron chi connectivity index (χ0n) is 18.1. The van der Waals surface area contributed by atoms with Crippen molar-refractivity contribution in [2.24, 2.45) is 5.73 Å². The summed E-state index contributed by atoms with van der Waals surface area (Å²) >= 11 is 0. The fourth-order valence-corrected chi connectivity index (χ4v) is 2.67. The standard InChI is InChI=1S/C22H26N2O7/c1-12-6-7-13(2)16(8-12)24-21(26)14(3)31-22(27)15-9-17(28-4)20(18(10-15)29-5)30-11-19(23)25/h6-10,14H,11H2,1-5H3,(H2,23,25)(H,24,26). The van der Waals surface area contributed by atoms with Crippen LogP contribution < -0.4 is 25.3 Å². The monoisotopic (exact) mass is 430 g/mol. The van der Waals surface area contributed by atoms with Gasteiger partial charge in [0.15, 0.2) is 24.2 Å². The van der Waals surface area contributed by atoms with Gasteiger partial charge in [0.05, 0.1) is 19.8 Å². The Balaban J connectivity index is 2.17. The molecule has 2 aromatic rings. The Morgan fingerprint density at radius 3 is 2.19 bits per heavy atom. The third kappa shape index (κ3) is 6.11. The molecule has 3 N–H and O–H groups in total. The van der Waals surface area contributed by atoms with Crippen molar-refractivity contribution in [3.63, 3.8) is 0 Å². The molecule has 0 radical (unpaired) electrons. The van der Waals surface area contributed by atoms with E-state index in [4.69, 9.17) is 24.7 Å². The van der Waals surface area contributed by atoms with E-state index in [0.29, 0.717) is 5.69 Å². The maximum atomic E-state index is 12.6. The summed E-state index contributed by atoms with van der Waals surface area (Å²) in [6, 6.07) is 8.38. The highest BCUT2D eigenvalue weighted by atomic mass is 16.6. The molecule has 1 atom stereocenters. The smallest absolute Gasteiger partial charge is 0.339 e. The molecule has 0 fully saturated rings. The average molecular weight is 430 g/mol. The van der Waals surface area contributed by atoms with Crippen LogP contribution in [0.4, 0.5) is 5.69 Å². The van der Waals surface area contributed by atoms with Crippen LogP contribution in [-0.4, -0.2) is 44.7 Å². The Kier molecular flexibility index (Phi) is 7.84. The first-order valence-electron chi connectivity index (χ1n) is 9.42. The number of carbonyl (C=O) groups excluding carboxylic acids is 3. The van der Waals surface area contributed by atoms with Gasteiger partial charge >= 0.3 is 5.97 Å². The van der Waals surface area contributed by atoms with Crippen molar-refractivity contribution in [3.05, 3.63) is 47.0 Å². The summed E-state index contributed by atoms with van der Waals surface area (Å²) in [4.78, 5) is 36.1. The van der Waals surface area contributed by atoms with Crippen LogP contribution >= 0.6 is 0 Å². The Bertz CT molecular complexity index is 963. The fourth-order valence-electron chi connectivity index (χ4n) is 2.67. The van der Waals surface area contributed by atoms with Crippen molar-refractivity contribution < 1.29 is 33.3 Å². The highest BCUT2D eigenvalue weighted by Gasteiger charge is 2.23. The molecule has 0 aliphatic heterocycles. The maximum absolute atomic E-state index is 12.6. The molecule has 0 saturated heterocycles. The predicted octanol–water partition coefficient (Wildman–Crippen LogP) is 2.37. The SMILES string of the molecule is COc1cc(C(=O)OC(C)C(=O)Nc2cc(C)ccc2C)cc(OC)c1OCC(N)=O. The van der Waals surface area contributed by atoms with E-state index < -0.39 is 30.5 Å². The topological polar surface area (TPSA) is 126 Å². The van der Waals surface area contributed by atoms with Crippen molar-refractivity contribution in [2.45, 2.75) is 26.9 Å². The number of hydrogen-bond acceptors (Lipinski definition) is 7. The second kappa shape index (κ2) is 10.3. The first-order valence-corrected chi connectivity index (χ1v) is 9.42. The van der Waals surface area contributed by atoms with Gasteiger partial charge in [0, 0.05) is 5.69 Å². The molecule has 0 saturated carbocycles. The first-order chi connectivity index (χ1) is 14.7. The molecule has 1 unspecified atom stereocenters.